The Hall–Kier alpha value is -1.62. The summed E-state index contributed by atoms with van der Waals surface area (Å²) in [5, 5.41) is 1.87. The lowest BCUT2D eigenvalue weighted by atomic mass is 10.1. The molecule has 5 heteroatoms. The van der Waals surface area contributed by atoms with Crippen LogP contribution in [0.25, 0.3) is 0 Å². The first-order valence-electron chi connectivity index (χ1n) is 5.28. The van der Waals surface area contributed by atoms with Crippen LogP contribution in [0.4, 0.5) is 13.2 Å². The van der Waals surface area contributed by atoms with Crippen molar-refractivity contribution >= 4 is 17.1 Å². The van der Waals surface area contributed by atoms with E-state index in [0.29, 0.717) is 6.42 Å². The monoisotopic (exact) mass is 270 g/mol. The van der Waals surface area contributed by atoms with Gasteiger partial charge in [-0.2, -0.15) is 0 Å². The van der Waals surface area contributed by atoms with Crippen molar-refractivity contribution in [3.05, 3.63) is 57.5 Å². The van der Waals surface area contributed by atoms with Crippen LogP contribution in [0.3, 0.4) is 0 Å². The molecule has 0 aliphatic carbocycles. The molecular formula is C13H9F3OS. The van der Waals surface area contributed by atoms with Crippen molar-refractivity contribution in [2.45, 2.75) is 12.8 Å². The fraction of sp³-hybridized carbons (Fsp3) is 0.154. The van der Waals surface area contributed by atoms with Crippen molar-refractivity contribution in [1.29, 1.82) is 0 Å². The zero-order valence-corrected chi connectivity index (χ0v) is 10.1. The highest BCUT2D eigenvalue weighted by Gasteiger charge is 2.18. The van der Waals surface area contributed by atoms with E-state index in [2.05, 4.69) is 0 Å². The van der Waals surface area contributed by atoms with E-state index in [0.717, 1.165) is 17.0 Å². The maximum absolute atomic E-state index is 13.3. The van der Waals surface area contributed by atoms with Gasteiger partial charge in [0.25, 0.3) is 0 Å². The number of aryl methyl sites for hydroxylation is 1. The summed E-state index contributed by atoms with van der Waals surface area (Å²) in [6.45, 7) is 0. The Morgan fingerprint density at radius 1 is 1.11 bits per heavy atom. The van der Waals surface area contributed by atoms with E-state index >= 15 is 0 Å². The molecular weight excluding hydrogens is 261 g/mol. The van der Waals surface area contributed by atoms with E-state index in [1.807, 2.05) is 17.5 Å². The van der Waals surface area contributed by atoms with Crippen LogP contribution in [-0.4, -0.2) is 5.78 Å². The van der Waals surface area contributed by atoms with Gasteiger partial charge in [-0.05, 0) is 30.0 Å². The highest BCUT2D eigenvalue weighted by atomic mass is 32.1. The van der Waals surface area contributed by atoms with Crippen LogP contribution >= 0.6 is 11.3 Å². The van der Waals surface area contributed by atoms with Gasteiger partial charge in [0.15, 0.2) is 23.2 Å². The second-order valence-electron chi connectivity index (χ2n) is 3.73. The fourth-order valence-electron chi connectivity index (χ4n) is 1.57. The summed E-state index contributed by atoms with van der Waals surface area (Å²) >= 11 is 1.49. The van der Waals surface area contributed by atoms with E-state index in [1.54, 1.807) is 0 Å². The second kappa shape index (κ2) is 5.35. The van der Waals surface area contributed by atoms with Gasteiger partial charge >= 0.3 is 0 Å². The van der Waals surface area contributed by atoms with Crippen molar-refractivity contribution in [3.8, 4) is 0 Å². The van der Waals surface area contributed by atoms with Gasteiger partial charge in [-0.15, -0.1) is 11.3 Å². The minimum atomic E-state index is -1.60. The van der Waals surface area contributed by atoms with Crippen molar-refractivity contribution in [2.24, 2.45) is 0 Å². The predicted octanol–water partition coefficient (Wildman–Crippen LogP) is 3.98. The van der Waals surface area contributed by atoms with Crippen molar-refractivity contribution < 1.29 is 18.0 Å². The average Bonchev–Trinajstić information content (AvgIpc) is 2.86. The lowest BCUT2D eigenvalue weighted by molar-refractivity contribution is 0.0978. The summed E-state index contributed by atoms with van der Waals surface area (Å²) in [5.41, 5.74) is -0.398. The van der Waals surface area contributed by atoms with Gasteiger partial charge in [0.2, 0.25) is 0 Å². The van der Waals surface area contributed by atoms with Crippen LogP contribution in [0.5, 0.6) is 0 Å². The Morgan fingerprint density at radius 2 is 1.89 bits per heavy atom. The number of halogens is 3. The standard InChI is InChI=1S/C13H9F3OS/c14-10-5-4-9(12(15)13(10)16)11(17)6-3-8-2-1-7-18-8/h1-2,4-5,7H,3,6H2. The molecule has 94 valence electrons. The first-order valence-corrected chi connectivity index (χ1v) is 6.16. The number of hydrogen-bond acceptors (Lipinski definition) is 2. The maximum atomic E-state index is 13.3. The molecule has 1 aromatic carbocycles. The Balaban J connectivity index is 2.12. The molecule has 0 atom stereocenters. The number of rotatable bonds is 4. The van der Waals surface area contributed by atoms with Crippen molar-refractivity contribution in [2.75, 3.05) is 0 Å². The summed E-state index contributed by atoms with van der Waals surface area (Å²) < 4.78 is 39.0. The molecule has 1 nitrogen and oxygen atoms in total. The molecule has 2 rings (SSSR count). The average molecular weight is 270 g/mol. The van der Waals surface area contributed by atoms with E-state index in [4.69, 9.17) is 0 Å². The SMILES string of the molecule is O=C(CCc1cccs1)c1ccc(F)c(F)c1F. The Kier molecular flexibility index (Phi) is 3.81. The van der Waals surface area contributed by atoms with Crippen molar-refractivity contribution in [3.63, 3.8) is 0 Å². The molecule has 0 unspecified atom stereocenters. The van der Waals surface area contributed by atoms with Crippen LogP contribution < -0.4 is 0 Å². The highest BCUT2D eigenvalue weighted by Crippen LogP contribution is 2.18. The zero-order chi connectivity index (χ0) is 13.1. The number of Topliss-reactive ketones (excluding diaryl/α,β-unsaturated/α-hetero) is 1. The molecule has 1 aromatic heterocycles. The first kappa shape index (κ1) is 12.8. The summed E-state index contributed by atoms with van der Waals surface area (Å²) in [6.07, 6.45) is 0.539. The van der Waals surface area contributed by atoms with Gasteiger partial charge in [0.1, 0.15) is 0 Å². The summed E-state index contributed by atoms with van der Waals surface area (Å²) in [4.78, 5) is 12.7. The number of benzene rings is 1. The summed E-state index contributed by atoms with van der Waals surface area (Å²) in [5.74, 6) is -4.83. The highest BCUT2D eigenvalue weighted by molar-refractivity contribution is 7.09. The Bertz CT molecular complexity index is 564. The smallest absolute Gasteiger partial charge is 0.195 e. The molecule has 0 aliphatic heterocycles. The number of hydrogen-bond donors (Lipinski definition) is 0. The minimum absolute atomic E-state index is 0.0719. The number of ketones is 1. The van der Waals surface area contributed by atoms with Crippen LogP contribution in [-0.2, 0) is 6.42 Å². The predicted molar refractivity (Wildman–Crippen MR) is 63.3 cm³/mol. The third-order valence-electron chi connectivity index (χ3n) is 2.51. The maximum Gasteiger partial charge on any atom is 0.195 e. The molecule has 0 amide bonds. The van der Waals surface area contributed by atoms with Gasteiger partial charge in [-0.1, -0.05) is 6.07 Å². The second-order valence-corrected chi connectivity index (χ2v) is 4.76. The van der Waals surface area contributed by atoms with Gasteiger partial charge in [-0.25, -0.2) is 13.2 Å². The van der Waals surface area contributed by atoms with Crippen LogP contribution in [0.1, 0.15) is 21.7 Å². The van der Waals surface area contributed by atoms with Gasteiger partial charge in [-0.3, -0.25) is 4.79 Å². The molecule has 0 fully saturated rings. The lowest BCUT2D eigenvalue weighted by Crippen LogP contribution is -2.06. The van der Waals surface area contributed by atoms with Crippen LogP contribution in [0.15, 0.2) is 29.6 Å². The minimum Gasteiger partial charge on any atom is -0.294 e. The Morgan fingerprint density at radius 3 is 2.56 bits per heavy atom. The number of carbonyl (C=O) groups excluding carboxylic acids is 1. The first-order chi connectivity index (χ1) is 8.59. The molecule has 0 N–H and O–H groups in total. The van der Waals surface area contributed by atoms with Crippen LogP contribution in [0, 0.1) is 17.5 Å². The topological polar surface area (TPSA) is 17.1 Å². The van der Waals surface area contributed by atoms with E-state index < -0.39 is 28.8 Å². The van der Waals surface area contributed by atoms with E-state index in [9.17, 15) is 18.0 Å². The third-order valence-corrected chi connectivity index (χ3v) is 3.45. The van der Waals surface area contributed by atoms with E-state index in [-0.39, 0.29) is 6.42 Å². The quantitative estimate of drug-likeness (QED) is 0.606. The summed E-state index contributed by atoms with van der Waals surface area (Å²) in [6, 6.07) is 5.45. The molecule has 18 heavy (non-hydrogen) atoms. The van der Waals surface area contributed by atoms with Gasteiger partial charge in [0, 0.05) is 11.3 Å². The summed E-state index contributed by atoms with van der Waals surface area (Å²) in [7, 11) is 0. The van der Waals surface area contributed by atoms with Crippen molar-refractivity contribution in [1.82, 2.24) is 0 Å². The largest absolute Gasteiger partial charge is 0.294 e. The molecule has 0 saturated carbocycles. The van der Waals surface area contributed by atoms with Gasteiger partial charge in [0.05, 0.1) is 5.56 Å². The molecule has 0 aliphatic rings. The number of carbonyl (C=O) groups is 1. The molecule has 0 bridgehead atoms. The Labute approximate surface area is 106 Å². The fourth-order valence-corrected chi connectivity index (χ4v) is 2.28. The normalized spacial score (nSPS) is 10.6. The number of thiophene rings is 1. The van der Waals surface area contributed by atoms with Gasteiger partial charge < -0.3 is 0 Å². The molecule has 0 saturated heterocycles. The zero-order valence-electron chi connectivity index (χ0n) is 9.25. The lowest BCUT2D eigenvalue weighted by Gasteiger charge is -2.03. The van der Waals surface area contributed by atoms with Crippen LogP contribution in [0.2, 0.25) is 0 Å². The van der Waals surface area contributed by atoms with E-state index in [1.165, 1.54) is 11.3 Å². The molecule has 0 radical (unpaired) electrons. The third kappa shape index (κ3) is 2.61. The molecule has 2 aromatic rings. The molecule has 1 heterocycles. The molecule has 0 spiro atoms.